The van der Waals surface area contributed by atoms with Crippen molar-refractivity contribution in [3.05, 3.63) is 59.7 Å². The third-order valence-electron chi connectivity index (χ3n) is 5.34. The van der Waals surface area contributed by atoms with E-state index in [0.717, 1.165) is 22.3 Å². The van der Waals surface area contributed by atoms with Gasteiger partial charge in [-0.25, -0.2) is 9.59 Å². The van der Waals surface area contributed by atoms with Crippen molar-refractivity contribution in [1.82, 2.24) is 10.6 Å². The van der Waals surface area contributed by atoms with Crippen LogP contribution in [-0.4, -0.2) is 41.3 Å². The lowest BCUT2D eigenvalue weighted by Crippen LogP contribution is -2.57. The molecular weight excluding hydrogens is 384 g/mol. The summed E-state index contributed by atoms with van der Waals surface area (Å²) in [6, 6.07) is 15.0. The number of alkyl carbamates (subject to hydrolysis) is 1. The molecule has 7 nitrogen and oxygen atoms in total. The van der Waals surface area contributed by atoms with Gasteiger partial charge in [0.05, 0.1) is 0 Å². The molecule has 1 atom stereocenters. The van der Waals surface area contributed by atoms with Gasteiger partial charge >= 0.3 is 12.1 Å². The van der Waals surface area contributed by atoms with E-state index >= 15 is 0 Å². The Morgan fingerprint density at radius 2 is 1.57 bits per heavy atom. The number of carboxylic acids is 1. The van der Waals surface area contributed by atoms with Gasteiger partial charge in [0, 0.05) is 5.92 Å². The maximum absolute atomic E-state index is 12.4. The van der Waals surface area contributed by atoms with Gasteiger partial charge in [0.1, 0.15) is 18.2 Å². The fraction of sp³-hybridized carbons (Fsp3) is 0.348. The molecule has 158 valence electrons. The summed E-state index contributed by atoms with van der Waals surface area (Å²) in [5.41, 5.74) is 3.11. The van der Waals surface area contributed by atoms with Gasteiger partial charge in [-0.1, -0.05) is 55.5 Å². The number of carbonyl (C=O) groups excluding carboxylic acids is 2. The summed E-state index contributed by atoms with van der Waals surface area (Å²) in [7, 11) is 0. The zero-order chi connectivity index (χ0) is 21.9. The molecule has 0 heterocycles. The van der Waals surface area contributed by atoms with Crippen LogP contribution in [0.4, 0.5) is 4.79 Å². The SMILES string of the molecule is CCC(NC(=O)C(C)(C)NC(=O)OCC1c2ccccc2-c2ccccc21)C(=O)O. The average molecular weight is 410 g/mol. The van der Waals surface area contributed by atoms with Crippen molar-refractivity contribution >= 4 is 18.0 Å². The highest BCUT2D eigenvalue weighted by Crippen LogP contribution is 2.44. The molecule has 30 heavy (non-hydrogen) atoms. The molecule has 2 amide bonds. The maximum atomic E-state index is 12.4. The van der Waals surface area contributed by atoms with E-state index in [1.54, 1.807) is 6.92 Å². The number of carbonyl (C=O) groups is 3. The molecule has 0 aliphatic heterocycles. The number of rotatable bonds is 7. The summed E-state index contributed by atoms with van der Waals surface area (Å²) in [5, 5.41) is 14.1. The largest absolute Gasteiger partial charge is 0.480 e. The Balaban J connectivity index is 1.65. The second-order valence-corrected chi connectivity index (χ2v) is 7.85. The minimum atomic E-state index is -1.33. The average Bonchev–Trinajstić information content (AvgIpc) is 3.03. The van der Waals surface area contributed by atoms with Crippen LogP contribution >= 0.6 is 0 Å². The van der Waals surface area contributed by atoms with Crippen LogP contribution in [0, 0.1) is 0 Å². The lowest BCUT2D eigenvalue weighted by molar-refractivity contribution is -0.142. The Morgan fingerprint density at radius 3 is 2.07 bits per heavy atom. The molecule has 2 aromatic rings. The van der Waals surface area contributed by atoms with Crippen LogP contribution in [0.2, 0.25) is 0 Å². The number of benzene rings is 2. The molecule has 1 unspecified atom stereocenters. The third-order valence-corrected chi connectivity index (χ3v) is 5.34. The van der Waals surface area contributed by atoms with E-state index in [1.165, 1.54) is 13.8 Å². The van der Waals surface area contributed by atoms with Crippen molar-refractivity contribution in [3.63, 3.8) is 0 Å². The van der Waals surface area contributed by atoms with Crippen LogP contribution < -0.4 is 10.6 Å². The number of ether oxygens (including phenoxy) is 1. The molecule has 0 aromatic heterocycles. The zero-order valence-electron chi connectivity index (χ0n) is 17.3. The first kappa shape index (κ1) is 21.4. The topological polar surface area (TPSA) is 105 Å². The minimum Gasteiger partial charge on any atom is -0.480 e. The first-order valence-corrected chi connectivity index (χ1v) is 9.91. The fourth-order valence-corrected chi connectivity index (χ4v) is 3.62. The predicted molar refractivity (Wildman–Crippen MR) is 112 cm³/mol. The summed E-state index contributed by atoms with van der Waals surface area (Å²) in [6.07, 6.45) is -0.498. The summed E-state index contributed by atoms with van der Waals surface area (Å²) >= 11 is 0. The second-order valence-electron chi connectivity index (χ2n) is 7.85. The highest BCUT2D eigenvalue weighted by atomic mass is 16.5. The van der Waals surface area contributed by atoms with Gasteiger partial charge in [0.15, 0.2) is 0 Å². The Kier molecular flexibility index (Phi) is 6.10. The van der Waals surface area contributed by atoms with E-state index in [4.69, 9.17) is 9.84 Å². The van der Waals surface area contributed by atoms with Gasteiger partial charge < -0.3 is 20.5 Å². The summed E-state index contributed by atoms with van der Waals surface area (Å²) in [5.74, 6) is -1.80. The number of carboxylic acid groups (broad SMARTS) is 1. The van der Waals surface area contributed by atoms with Crippen LogP contribution in [0.15, 0.2) is 48.5 Å². The zero-order valence-corrected chi connectivity index (χ0v) is 17.3. The number of aliphatic carboxylic acids is 1. The van der Waals surface area contributed by atoms with E-state index in [1.807, 2.05) is 48.5 Å². The fourth-order valence-electron chi connectivity index (χ4n) is 3.62. The van der Waals surface area contributed by atoms with Gasteiger partial charge in [-0.05, 0) is 42.5 Å². The van der Waals surface area contributed by atoms with E-state index in [9.17, 15) is 14.4 Å². The first-order valence-electron chi connectivity index (χ1n) is 9.91. The van der Waals surface area contributed by atoms with Crippen LogP contribution in [0.25, 0.3) is 11.1 Å². The standard InChI is InChI=1S/C23H26N2O5/c1-4-19(20(26)27)24-21(28)23(2,3)25-22(29)30-13-18-16-11-7-5-9-14(16)15-10-6-8-12-17(15)18/h5-12,18-19H,4,13H2,1-3H3,(H,24,28)(H,25,29)(H,26,27). The van der Waals surface area contributed by atoms with Gasteiger partial charge in [-0.15, -0.1) is 0 Å². The predicted octanol–water partition coefficient (Wildman–Crippen LogP) is 3.28. The van der Waals surface area contributed by atoms with Crippen molar-refractivity contribution in [2.45, 2.75) is 44.7 Å². The lowest BCUT2D eigenvalue weighted by atomic mass is 9.98. The van der Waals surface area contributed by atoms with Crippen molar-refractivity contribution in [3.8, 4) is 11.1 Å². The molecule has 1 aliphatic rings. The highest BCUT2D eigenvalue weighted by Gasteiger charge is 2.34. The van der Waals surface area contributed by atoms with E-state index in [-0.39, 0.29) is 18.9 Å². The van der Waals surface area contributed by atoms with Gasteiger partial charge in [-0.2, -0.15) is 0 Å². The van der Waals surface area contributed by atoms with E-state index in [0.29, 0.717) is 0 Å². The molecule has 1 aliphatic carbocycles. The molecule has 7 heteroatoms. The minimum absolute atomic E-state index is 0.0865. The van der Waals surface area contributed by atoms with Crippen molar-refractivity contribution in [1.29, 1.82) is 0 Å². The Morgan fingerprint density at radius 1 is 1.03 bits per heavy atom. The third kappa shape index (κ3) is 4.30. The molecule has 0 fully saturated rings. The highest BCUT2D eigenvalue weighted by molar-refractivity contribution is 5.92. The van der Waals surface area contributed by atoms with Crippen LogP contribution in [0.5, 0.6) is 0 Å². The van der Waals surface area contributed by atoms with Crippen LogP contribution in [0.3, 0.4) is 0 Å². The molecule has 0 bridgehead atoms. The van der Waals surface area contributed by atoms with Crippen LogP contribution in [0.1, 0.15) is 44.2 Å². The van der Waals surface area contributed by atoms with Crippen molar-refractivity contribution < 1.29 is 24.2 Å². The van der Waals surface area contributed by atoms with Gasteiger partial charge in [0.25, 0.3) is 0 Å². The van der Waals surface area contributed by atoms with E-state index in [2.05, 4.69) is 10.6 Å². The molecule has 0 spiro atoms. The Hall–Kier alpha value is -3.35. The molecule has 0 saturated heterocycles. The number of fused-ring (bicyclic) bond motifs is 3. The molecular formula is C23H26N2O5. The van der Waals surface area contributed by atoms with Gasteiger partial charge in [0.2, 0.25) is 5.91 Å². The molecule has 0 saturated carbocycles. The van der Waals surface area contributed by atoms with Crippen LogP contribution in [-0.2, 0) is 14.3 Å². The Bertz CT molecular complexity index is 924. The molecule has 3 N–H and O–H groups in total. The molecule has 0 radical (unpaired) electrons. The summed E-state index contributed by atoms with van der Waals surface area (Å²) in [4.78, 5) is 36.0. The van der Waals surface area contributed by atoms with Crippen molar-refractivity contribution in [2.75, 3.05) is 6.61 Å². The second kappa shape index (κ2) is 8.57. The first-order chi connectivity index (χ1) is 14.2. The quantitative estimate of drug-likeness (QED) is 0.650. The van der Waals surface area contributed by atoms with Crippen molar-refractivity contribution in [2.24, 2.45) is 0 Å². The normalized spacial score (nSPS) is 13.7. The number of hydrogen-bond donors (Lipinski definition) is 3. The van der Waals surface area contributed by atoms with E-state index < -0.39 is 29.6 Å². The summed E-state index contributed by atoms with van der Waals surface area (Å²) < 4.78 is 5.46. The van der Waals surface area contributed by atoms with Gasteiger partial charge in [-0.3, -0.25) is 4.79 Å². The lowest BCUT2D eigenvalue weighted by Gasteiger charge is -2.26. The summed E-state index contributed by atoms with van der Waals surface area (Å²) in [6.45, 7) is 4.78. The number of amides is 2. The number of nitrogens with one attached hydrogen (secondary N) is 2. The monoisotopic (exact) mass is 410 g/mol. The molecule has 2 aromatic carbocycles. The maximum Gasteiger partial charge on any atom is 0.408 e. The number of hydrogen-bond acceptors (Lipinski definition) is 4. The molecule has 3 rings (SSSR count). The smallest absolute Gasteiger partial charge is 0.408 e. The Labute approximate surface area is 175 Å².